The molecule has 0 unspecified atom stereocenters. The standard InChI is InChI=1S/C22H25NO4/c1-4-16(2)18-9-11-19(12-10-18)23-21(24)15-27-22(25)13-8-17-6-5-7-20(14-17)26-3/h5-14,16H,4,15H2,1-3H3,(H,23,24)/b13-8+/t16-/m0/s1. The third-order valence-corrected chi connectivity index (χ3v) is 4.23. The smallest absolute Gasteiger partial charge is 0.331 e. The van der Waals surface area contributed by atoms with Crippen LogP contribution in [0.25, 0.3) is 6.08 Å². The van der Waals surface area contributed by atoms with Crippen molar-refractivity contribution in [3.63, 3.8) is 0 Å². The monoisotopic (exact) mass is 367 g/mol. The zero-order valence-corrected chi connectivity index (χ0v) is 15.9. The molecule has 0 saturated heterocycles. The zero-order valence-electron chi connectivity index (χ0n) is 15.9. The Kier molecular flexibility index (Phi) is 7.62. The van der Waals surface area contributed by atoms with E-state index in [0.29, 0.717) is 17.4 Å². The molecule has 0 fully saturated rings. The minimum Gasteiger partial charge on any atom is -0.497 e. The van der Waals surface area contributed by atoms with Crippen LogP contribution in [-0.2, 0) is 14.3 Å². The van der Waals surface area contributed by atoms with E-state index in [1.807, 2.05) is 42.5 Å². The lowest BCUT2D eigenvalue weighted by Crippen LogP contribution is -2.20. The van der Waals surface area contributed by atoms with Crippen LogP contribution in [0.1, 0.15) is 37.3 Å². The number of rotatable bonds is 8. The van der Waals surface area contributed by atoms with Gasteiger partial charge in [-0.3, -0.25) is 4.79 Å². The lowest BCUT2D eigenvalue weighted by Gasteiger charge is -2.10. The van der Waals surface area contributed by atoms with E-state index in [1.54, 1.807) is 19.3 Å². The molecule has 2 rings (SSSR count). The molecule has 5 nitrogen and oxygen atoms in total. The van der Waals surface area contributed by atoms with Crippen molar-refractivity contribution in [3.8, 4) is 5.75 Å². The number of benzene rings is 2. The maximum atomic E-state index is 11.9. The fourth-order valence-electron chi connectivity index (χ4n) is 2.42. The van der Waals surface area contributed by atoms with Gasteiger partial charge in [-0.1, -0.05) is 38.1 Å². The predicted molar refractivity (Wildman–Crippen MR) is 107 cm³/mol. The van der Waals surface area contributed by atoms with Gasteiger partial charge in [0.1, 0.15) is 5.75 Å². The minimum absolute atomic E-state index is 0.339. The first-order valence-electron chi connectivity index (χ1n) is 8.90. The lowest BCUT2D eigenvalue weighted by molar-refractivity contribution is -0.142. The van der Waals surface area contributed by atoms with E-state index in [-0.39, 0.29) is 12.5 Å². The molecule has 0 heterocycles. The van der Waals surface area contributed by atoms with Gasteiger partial charge in [0.15, 0.2) is 6.61 Å². The number of methoxy groups -OCH3 is 1. The molecular formula is C22H25NO4. The van der Waals surface area contributed by atoms with Crippen molar-refractivity contribution in [2.24, 2.45) is 0 Å². The molecule has 27 heavy (non-hydrogen) atoms. The van der Waals surface area contributed by atoms with Crippen LogP contribution < -0.4 is 10.1 Å². The lowest BCUT2D eigenvalue weighted by atomic mass is 9.99. The Labute approximate surface area is 160 Å². The number of anilines is 1. The van der Waals surface area contributed by atoms with Crippen LogP contribution in [0.5, 0.6) is 5.75 Å². The van der Waals surface area contributed by atoms with Crippen molar-refractivity contribution >= 4 is 23.6 Å². The number of carbonyl (C=O) groups is 2. The molecule has 1 amide bonds. The Morgan fingerprint density at radius 3 is 2.56 bits per heavy atom. The highest BCUT2D eigenvalue weighted by atomic mass is 16.5. The molecule has 0 aliphatic carbocycles. The molecule has 0 aromatic heterocycles. The average Bonchev–Trinajstić information content (AvgIpc) is 2.70. The van der Waals surface area contributed by atoms with Crippen molar-refractivity contribution in [3.05, 3.63) is 65.7 Å². The van der Waals surface area contributed by atoms with Crippen LogP contribution in [0.3, 0.4) is 0 Å². The molecule has 0 aliphatic rings. The molecular weight excluding hydrogens is 342 g/mol. The SMILES string of the molecule is CC[C@H](C)c1ccc(NC(=O)COC(=O)/C=C/c2cccc(OC)c2)cc1. The van der Waals surface area contributed by atoms with Gasteiger partial charge in [-0.2, -0.15) is 0 Å². The summed E-state index contributed by atoms with van der Waals surface area (Å²) in [5.41, 5.74) is 2.71. The van der Waals surface area contributed by atoms with Crippen molar-refractivity contribution in [2.45, 2.75) is 26.2 Å². The molecule has 0 spiro atoms. The third-order valence-electron chi connectivity index (χ3n) is 4.23. The van der Waals surface area contributed by atoms with E-state index in [4.69, 9.17) is 9.47 Å². The number of ether oxygens (including phenoxy) is 2. The fourth-order valence-corrected chi connectivity index (χ4v) is 2.42. The van der Waals surface area contributed by atoms with Gasteiger partial charge < -0.3 is 14.8 Å². The van der Waals surface area contributed by atoms with Crippen molar-refractivity contribution in [1.82, 2.24) is 0 Å². The van der Waals surface area contributed by atoms with Gasteiger partial charge in [0.05, 0.1) is 7.11 Å². The average molecular weight is 367 g/mol. The summed E-state index contributed by atoms with van der Waals surface area (Å²) in [4.78, 5) is 23.7. The summed E-state index contributed by atoms with van der Waals surface area (Å²) in [5, 5.41) is 2.71. The third kappa shape index (κ3) is 6.62. The maximum Gasteiger partial charge on any atom is 0.331 e. The van der Waals surface area contributed by atoms with Crippen LogP contribution in [0, 0.1) is 0 Å². The van der Waals surface area contributed by atoms with Gasteiger partial charge in [-0.05, 0) is 53.8 Å². The molecule has 2 aromatic carbocycles. The highest BCUT2D eigenvalue weighted by Gasteiger charge is 2.07. The van der Waals surface area contributed by atoms with Gasteiger partial charge in [0.2, 0.25) is 0 Å². The van der Waals surface area contributed by atoms with E-state index in [2.05, 4.69) is 19.2 Å². The molecule has 1 atom stereocenters. The molecule has 1 N–H and O–H groups in total. The van der Waals surface area contributed by atoms with Crippen LogP contribution in [-0.4, -0.2) is 25.6 Å². The summed E-state index contributed by atoms with van der Waals surface area (Å²) in [6.45, 7) is 3.96. The second kappa shape index (κ2) is 10.2. The number of hydrogen-bond donors (Lipinski definition) is 1. The predicted octanol–water partition coefficient (Wildman–Crippen LogP) is 4.40. The number of carbonyl (C=O) groups excluding carboxylic acids is 2. The van der Waals surface area contributed by atoms with E-state index < -0.39 is 5.97 Å². The highest BCUT2D eigenvalue weighted by Crippen LogP contribution is 2.20. The minimum atomic E-state index is -0.583. The van der Waals surface area contributed by atoms with Crippen LogP contribution in [0.15, 0.2) is 54.6 Å². The highest BCUT2D eigenvalue weighted by molar-refractivity contribution is 5.94. The molecule has 0 radical (unpaired) electrons. The Balaban J connectivity index is 1.80. The first kappa shape index (κ1) is 20.2. The van der Waals surface area contributed by atoms with Gasteiger partial charge in [0.25, 0.3) is 5.91 Å². The van der Waals surface area contributed by atoms with E-state index in [0.717, 1.165) is 12.0 Å². The van der Waals surface area contributed by atoms with Gasteiger partial charge in [-0.25, -0.2) is 4.79 Å². The second-order valence-electron chi connectivity index (χ2n) is 6.20. The Morgan fingerprint density at radius 1 is 1.15 bits per heavy atom. The Morgan fingerprint density at radius 2 is 1.89 bits per heavy atom. The summed E-state index contributed by atoms with van der Waals surface area (Å²) in [6.07, 6.45) is 3.95. The second-order valence-corrected chi connectivity index (χ2v) is 6.20. The summed E-state index contributed by atoms with van der Waals surface area (Å²) in [6, 6.07) is 15.0. The summed E-state index contributed by atoms with van der Waals surface area (Å²) >= 11 is 0. The van der Waals surface area contributed by atoms with Crippen LogP contribution in [0.2, 0.25) is 0 Å². The summed E-state index contributed by atoms with van der Waals surface area (Å²) in [7, 11) is 1.58. The zero-order chi connectivity index (χ0) is 19.6. The first-order chi connectivity index (χ1) is 13.0. The maximum absolute atomic E-state index is 11.9. The first-order valence-corrected chi connectivity index (χ1v) is 8.90. The van der Waals surface area contributed by atoms with Crippen LogP contribution in [0.4, 0.5) is 5.69 Å². The van der Waals surface area contributed by atoms with Gasteiger partial charge in [0, 0.05) is 11.8 Å². The van der Waals surface area contributed by atoms with Crippen molar-refractivity contribution in [2.75, 3.05) is 19.0 Å². The molecule has 2 aromatic rings. The number of esters is 1. The number of nitrogens with one attached hydrogen (secondary N) is 1. The van der Waals surface area contributed by atoms with Crippen molar-refractivity contribution < 1.29 is 19.1 Å². The Hall–Kier alpha value is -3.08. The van der Waals surface area contributed by atoms with E-state index in [1.165, 1.54) is 11.6 Å². The normalized spacial score (nSPS) is 11.8. The molecule has 0 saturated carbocycles. The molecule has 0 bridgehead atoms. The number of hydrogen-bond acceptors (Lipinski definition) is 4. The number of amides is 1. The molecule has 0 aliphatic heterocycles. The van der Waals surface area contributed by atoms with Crippen LogP contribution >= 0.6 is 0 Å². The molecule has 5 heteroatoms. The quantitative estimate of drug-likeness (QED) is 0.555. The topological polar surface area (TPSA) is 64.6 Å². The summed E-state index contributed by atoms with van der Waals surface area (Å²) in [5.74, 6) is 0.214. The van der Waals surface area contributed by atoms with Gasteiger partial charge in [-0.15, -0.1) is 0 Å². The fraction of sp³-hybridized carbons (Fsp3) is 0.273. The largest absolute Gasteiger partial charge is 0.497 e. The van der Waals surface area contributed by atoms with E-state index >= 15 is 0 Å². The summed E-state index contributed by atoms with van der Waals surface area (Å²) < 4.78 is 10.1. The molecule has 142 valence electrons. The Bertz CT molecular complexity index is 796. The van der Waals surface area contributed by atoms with Crippen molar-refractivity contribution in [1.29, 1.82) is 0 Å². The van der Waals surface area contributed by atoms with E-state index in [9.17, 15) is 9.59 Å². The van der Waals surface area contributed by atoms with Gasteiger partial charge >= 0.3 is 5.97 Å².